The van der Waals surface area contributed by atoms with Crippen molar-refractivity contribution in [3.8, 4) is 6.07 Å². The van der Waals surface area contributed by atoms with E-state index in [-0.39, 0.29) is 0 Å². The molecule has 0 fully saturated rings. The zero-order valence-electron chi connectivity index (χ0n) is 11.2. The number of nitrogens with one attached hydrogen (secondary N) is 2. The second-order valence-electron chi connectivity index (χ2n) is 4.16. The summed E-state index contributed by atoms with van der Waals surface area (Å²) >= 11 is 6.13. The van der Waals surface area contributed by atoms with Crippen molar-refractivity contribution in [2.75, 3.05) is 17.2 Å². The summed E-state index contributed by atoms with van der Waals surface area (Å²) in [5, 5.41) is 15.8. The quantitative estimate of drug-likeness (QED) is 0.900. The van der Waals surface area contributed by atoms with Crippen LogP contribution in [0.15, 0.2) is 24.5 Å². The van der Waals surface area contributed by atoms with Gasteiger partial charge in [-0.1, -0.05) is 11.6 Å². The normalized spacial score (nSPS) is 9.90. The van der Waals surface area contributed by atoms with Crippen LogP contribution in [0.25, 0.3) is 0 Å². The summed E-state index contributed by atoms with van der Waals surface area (Å²) < 4.78 is 0. The zero-order chi connectivity index (χ0) is 14.5. The van der Waals surface area contributed by atoms with E-state index in [0.29, 0.717) is 22.1 Å². The van der Waals surface area contributed by atoms with Crippen LogP contribution in [0.3, 0.4) is 0 Å². The first-order valence-electron chi connectivity index (χ1n) is 6.17. The lowest BCUT2D eigenvalue weighted by Gasteiger charge is -2.13. The Hall–Kier alpha value is -2.32. The van der Waals surface area contributed by atoms with Gasteiger partial charge in [-0.15, -0.1) is 0 Å². The monoisotopic (exact) mass is 287 g/mol. The lowest BCUT2D eigenvalue weighted by atomic mass is 10.2. The summed E-state index contributed by atoms with van der Waals surface area (Å²) in [4.78, 5) is 8.39. The number of nitriles is 1. The molecule has 5 nitrogen and oxygen atoms in total. The third-order valence-corrected chi connectivity index (χ3v) is 3.11. The number of nitrogens with zero attached hydrogens (tertiary/aromatic N) is 3. The molecule has 6 heteroatoms. The smallest absolute Gasteiger partial charge is 0.138 e. The molecule has 102 valence electrons. The molecule has 1 heterocycles. The van der Waals surface area contributed by atoms with Gasteiger partial charge in [-0.05, 0) is 32.0 Å². The van der Waals surface area contributed by atoms with E-state index < -0.39 is 0 Å². The van der Waals surface area contributed by atoms with Crippen LogP contribution in [-0.4, -0.2) is 16.5 Å². The molecule has 0 amide bonds. The van der Waals surface area contributed by atoms with Crippen LogP contribution in [0.5, 0.6) is 0 Å². The van der Waals surface area contributed by atoms with Crippen LogP contribution in [-0.2, 0) is 0 Å². The average Bonchev–Trinajstić information content (AvgIpc) is 2.45. The van der Waals surface area contributed by atoms with E-state index in [1.54, 1.807) is 18.2 Å². The molecule has 1 aromatic carbocycles. The molecule has 0 aliphatic heterocycles. The molecule has 0 bridgehead atoms. The van der Waals surface area contributed by atoms with Gasteiger partial charge in [0.2, 0.25) is 0 Å². The number of hydrogen-bond donors (Lipinski definition) is 2. The number of hydrogen-bond acceptors (Lipinski definition) is 5. The zero-order valence-corrected chi connectivity index (χ0v) is 12.0. The number of rotatable bonds is 4. The fourth-order valence-electron chi connectivity index (χ4n) is 1.74. The Morgan fingerprint density at radius 2 is 2.05 bits per heavy atom. The molecule has 0 saturated heterocycles. The van der Waals surface area contributed by atoms with E-state index in [1.165, 1.54) is 6.33 Å². The minimum atomic E-state index is 0.534. The van der Waals surface area contributed by atoms with Crippen molar-refractivity contribution in [3.05, 3.63) is 40.7 Å². The van der Waals surface area contributed by atoms with Gasteiger partial charge < -0.3 is 10.6 Å². The van der Waals surface area contributed by atoms with Gasteiger partial charge in [0.25, 0.3) is 0 Å². The third-order valence-electron chi connectivity index (χ3n) is 2.78. The lowest BCUT2D eigenvalue weighted by Crippen LogP contribution is -2.05. The second kappa shape index (κ2) is 6.22. The van der Waals surface area contributed by atoms with Gasteiger partial charge in [-0.2, -0.15) is 5.26 Å². The maximum atomic E-state index is 8.93. The molecule has 2 aromatic rings. The van der Waals surface area contributed by atoms with Gasteiger partial charge in [0, 0.05) is 12.1 Å². The lowest BCUT2D eigenvalue weighted by molar-refractivity contribution is 1.08. The van der Waals surface area contributed by atoms with E-state index >= 15 is 0 Å². The Labute approximate surface area is 122 Å². The number of benzene rings is 1. The summed E-state index contributed by atoms with van der Waals surface area (Å²) in [6.45, 7) is 4.70. The van der Waals surface area contributed by atoms with Gasteiger partial charge >= 0.3 is 0 Å². The largest absolute Gasteiger partial charge is 0.370 e. The van der Waals surface area contributed by atoms with Crippen LogP contribution < -0.4 is 10.6 Å². The van der Waals surface area contributed by atoms with Crippen molar-refractivity contribution in [3.63, 3.8) is 0 Å². The standard InChI is InChI=1S/C14H14ClN5/c1-3-17-13-9(2)14(19-8-18-13)20-12-6-10(7-16)4-5-11(12)15/h4-6,8H,3H2,1-2H3,(H2,17,18,19,20). The van der Waals surface area contributed by atoms with Crippen molar-refractivity contribution in [2.24, 2.45) is 0 Å². The van der Waals surface area contributed by atoms with Gasteiger partial charge in [-0.25, -0.2) is 9.97 Å². The van der Waals surface area contributed by atoms with Crippen LogP contribution in [0.2, 0.25) is 5.02 Å². The van der Waals surface area contributed by atoms with E-state index in [1.807, 2.05) is 13.8 Å². The molecule has 0 unspecified atom stereocenters. The highest BCUT2D eigenvalue weighted by Crippen LogP contribution is 2.28. The molecule has 0 saturated carbocycles. The molecule has 2 rings (SSSR count). The summed E-state index contributed by atoms with van der Waals surface area (Å²) in [5.41, 5.74) is 2.08. The van der Waals surface area contributed by atoms with E-state index in [0.717, 1.165) is 17.9 Å². The van der Waals surface area contributed by atoms with Gasteiger partial charge in [0.15, 0.2) is 0 Å². The number of aromatic nitrogens is 2. The topological polar surface area (TPSA) is 73.6 Å². The number of anilines is 3. The van der Waals surface area contributed by atoms with Gasteiger partial charge in [0.05, 0.1) is 22.3 Å². The third kappa shape index (κ3) is 2.98. The summed E-state index contributed by atoms with van der Waals surface area (Å²) in [6, 6.07) is 7.13. The minimum Gasteiger partial charge on any atom is -0.370 e. The van der Waals surface area contributed by atoms with Gasteiger partial charge in [0.1, 0.15) is 18.0 Å². The molecule has 0 spiro atoms. The maximum Gasteiger partial charge on any atom is 0.138 e. The fraction of sp³-hybridized carbons (Fsp3) is 0.214. The highest BCUT2D eigenvalue weighted by atomic mass is 35.5. The first-order valence-corrected chi connectivity index (χ1v) is 6.55. The Kier molecular flexibility index (Phi) is 4.38. The predicted octanol–water partition coefficient (Wildman–Crippen LogP) is 3.49. The molecule has 0 atom stereocenters. The van der Waals surface area contributed by atoms with E-state index in [4.69, 9.17) is 16.9 Å². The van der Waals surface area contributed by atoms with Crippen molar-refractivity contribution >= 4 is 28.9 Å². The Balaban J connectivity index is 2.35. The van der Waals surface area contributed by atoms with E-state index in [2.05, 4.69) is 26.7 Å². The highest BCUT2D eigenvalue weighted by molar-refractivity contribution is 6.33. The van der Waals surface area contributed by atoms with Crippen LogP contribution in [0.4, 0.5) is 17.3 Å². The molecular formula is C14H14ClN5. The van der Waals surface area contributed by atoms with Gasteiger partial charge in [-0.3, -0.25) is 0 Å². The van der Waals surface area contributed by atoms with Crippen molar-refractivity contribution in [1.82, 2.24) is 9.97 Å². The molecule has 0 aliphatic rings. The molecule has 0 aliphatic carbocycles. The van der Waals surface area contributed by atoms with Crippen LogP contribution in [0, 0.1) is 18.3 Å². The first kappa shape index (κ1) is 14.1. The molecule has 2 N–H and O–H groups in total. The molecular weight excluding hydrogens is 274 g/mol. The summed E-state index contributed by atoms with van der Waals surface area (Å²) in [7, 11) is 0. The first-order chi connectivity index (χ1) is 9.65. The molecule has 1 aromatic heterocycles. The summed E-state index contributed by atoms with van der Waals surface area (Å²) in [5.74, 6) is 1.44. The Morgan fingerprint density at radius 1 is 1.30 bits per heavy atom. The minimum absolute atomic E-state index is 0.534. The maximum absolute atomic E-state index is 8.93. The molecule has 0 radical (unpaired) electrons. The Bertz CT molecular complexity index is 663. The van der Waals surface area contributed by atoms with Crippen molar-refractivity contribution in [2.45, 2.75) is 13.8 Å². The van der Waals surface area contributed by atoms with Crippen molar-refractivity contribution < 1.29 is 0 Å². The van der Waals surface area contributed by atoms with Crippen molar-refractivity contribution in [1.29, 1.82) is 5.26 Å². The highest BCUT2D eigenvalue weighted by Gasteiger charge is 2.09. The fourth-order valence-corrected chi connectivity index (χ4v) is 1.90. The summed E-state index contributed by atoms with van der Waals surface area (Å²) in [6.07, 6.45) is 1.48. The van der Waals surface area contributed by atoms with Crippen LogP contribution in [0.1, 0.15) is 18.1 Å². The predicted molar refractivity (Wildman–Crippen MR) is 80.4 cm³/mol. The second-order valence-corrected chi connectivity index (χ2v) is 4.56. The van der Waals surface area contributed by atoms with E-state index in [9.17, 15) is 0 Å². The average molecular weight is 288 g/mol. The SMILES string of the molecule is CCNc1ncnc(Nc2cc(C#N)ccc2Cl)c1C. The van der Waals surface area contributed by atoms with Crippen LogP contribution >= 0.6 is 11.6 Å². The number of halogens is 1. The molecule has 20 heavy (non-hydrogen) atoms. The Morgan fingerprint density at radius 3 is 2.75 bits per heavy atom.